The maximum Gasteiger partial charge on any atom is 0.214 e. The van der Waals surface area contributed by atoms with Gasteiger partial charge >= 0.3 is 0 Å². The monoisotopic (exact) mass is 247 g/mol. The molecule has 0 amide bonds. The third kappa shape index (κ3) is 3.92. The van der Waals surface area contributed by atoms with Gasteiger partial charge in [-0.3, -0.25) is 0 Å². The van der Waals surface area contributed by atoms with E-state index in [0.717, 1.165) is 0 Å². The number of aromatic nitrogens is 2. The van der Waals surface area contributed by atoms with Crippen molar-refractivity contribution < 1.29 is 13.2 Å². The third-order valence-corrected chi connectivity index (χ3v) is 4.04. The zero-order valence-electron chi connectivity index (χ0n) is 9.51. The van der Waals surface area contributed by atoms with Crippen molar-refractivity contribution in [1.82, 2.24) is 14.3 Å². The fraction of sp³-hybridized carbons (Fsp3) is 0.667. The van der Waals surface area contributed by atoms with Crippen LogP contribution in [0.3, 0.4) is 0 Å². The lowest BCUT2D eigenvalue weighted by atomic mass is 10.5. The van der Waals surface area contributed by atoms with Gasteiger partial charge in [0, 0.05) is 33.2 Å². The summed E-state index contributed by atoms with van der Waals surface area (Å²) < 4.78 is 29.6. The molecule has 1 aromatic rings. The molecule has 6 nitrogen and oxygen atoms in total. The van der Waals surface area contributed by atoms with Crippen LogP contribution in [0.15, 0.2) is 12.4 Å². The molecule has 7 heteroatoms. The number of imidazole rings is 1. The van der Waals surface area contributed by atoms with Crippen molar-refractivity contribution in [3.63, 3.8) is 0 Å². The van der Waals surface area contributed by atoms with E-state index in [1.165, 1.54) is 4.31 Å². The molecule has 0 aliphatic heterocycles. The second kappa shape index (κ2) is 5.97. The van der Waals surface area contributed by atoms with Crippen LogP contribution in [0, 0.1) is 0 Å². The number of ether oxygens (including phenoxy) is 1. The summed E-state index contributed by atoms with van der Waals surface area (Å²) in [7, 11) is -0.114. The Morgan fingerprint density at radius 3 is 2.88 bits per heavy atom. The summed E-state index contributed by atoms with van der Waals surface area (Å²) in [5.74, 6) is 0.732. The molecule has 0 fully saturated rings. The van der Waals surface area contributed by atoms with Gasteiger partial charge in [0.25, 0.3) is 0 Å². The Bertz CT molecular complexity index is 388. The number of nitrogens with one attached hydrogen (secondary N) is 1. The minimum atomic E-state index is -3.22. The molecule has 0 radical (unpaired) electrons. The van der Waals surface area contributed by atoms with Crippen LogP contribution >= 0.6 is 0 Å². The van der Waals surface area contributed by atoms with Gasteiger partial charge in [0.15, 0.2) is 0 Å². The van der Waals surface area contributed by atoms with E-state index in [2.05, 4.69) is 9.97 Å². The molecule has 0 spiro atoms. The first-order chi connectivity index (χ1) is 7.56. The van der Waals surface area contributed by atoms with Crippen molar-refractivity contribution in [2.45, 2.75) is 13.0 Å². The van der Waals surface area contributed by atoms with Crippen molar-refractivity contribution in [2.24, 2.45) is 0 Å². The van der Waals surface area contributed by atoms with Crippen LogP contribution in [0.5, 0.6) is 0 Å². The van der Waals surface area contributed by atoms with Gasteiger partial charge in [-0.05, 0) is 6.42 Å². The molecule has 1 rings (SSSR count). The van der Waals surface area contributed by atoms with Gasteiger partial charge in [-0.1, -0.05) is 0 Å². The number of sulfonamides is 1. The summed E-state index contributed by atoms with van der Waals surface area (Å²) in [4.78, 5) is 6.85. The molecule has 0 bridgehead atoms. The number of nitrogens with zero attached hydrogens (tertiary/aromatic N) is 2. The number of H-pyrrole nitrogens is 1. The lowest BCUT2D eigenvalue weighted by Gasteiger charge is -2.15. The average molecular weight is 247 g/mol. The van der Waals surface area contributed by atoms with Gasteiger partial charge in [0.1, 0.15) is 5.82 Å². The second-order valence-electron chi connectivity index (χ2n) is 3.45. The van der Waals surface area contributed by atoms with Crippen molar-refractivity contribution >= 4 is 10.0 Å². The number of hydrogen-bond acceptors (Lipinski definition) is 4. The summed E-state index contributed by atoms with van der Waals surface area (Å²) >= 11 is 0. The van der Waals surface area contributed by atoms with Crippen LogP contribution in [0.4, 0.5) is 0 Å². The van der Waals surface area contributed by atoms with Crippen LogP contribution in [-0.4, -0.2) is 49.2 Å². The second-order valence-corrected chi connectivity index (χ2v) is 5.65. The Hall–Kier alpha value is -0.920. The van der Waals surface area contributed by atoms with Crippen molar-refractivity contribution in [3.05, 3.63) is 18.2 Å². The Balaban J connectivity index is 2.48. The number of methoxy groups -OCH3 is 1. The molecule has 1 aromatic heterocycles. The minimum Gasteiger partial charge on any atom is -0.385 e. The highest BCUT2D eigenvalue weighted by Crippen LogP contribution is 2.04. The predicted molar refractivity (Wildman–Crippen MR) is 60.3 cm³/mol. The third-order valence-electron chi connectivity index (χ3n) is 2.15. The largest absolute Gasteiger partial charge is 0.385 e. The lowest BCUT2D eigenvalue weighted by molar-refractivity contribution is 0.199. The van der Waals surface area contributed by atoms with Gasteiger partial charge < -0.3 is 9.72 Å². The fourth-order valence-electron chi connectivity index (χ4n) is 1.24. The van der Waals surface area contributed by atoms with Crippen LogP contribution in [0.1, 0.15) is 12.2 Å². The Morgan fingerprint density at radius 2 is 2.31 bits per heavy atom. The average Bonchev–Trinajstić information content (AvgIpc) is 2.70. The van der Waals surface area contributed by atoms with Crippen LogP contribution < -0.4 is 0 Å². The molecule has 0 aromatic carbocycles. The quantitative estimate of drug-likeness (QED) is 0.699. The van der Waals surface area contributed by atoms with Gasteiger partial charge in [0.05, 0.1) is 12.3 Å². The van der Waals surface area contributed by atoms with Gasteiger partial charge in [0.2, 0.25) is 10.0 Å². The molecular weight excluding hydrogens is 230 g/mol. The van der Waals surface area contributed by atoms with E-state index < -0.39 is 10.0 Å². The Kier molecular flexibility index (Phi) is 4.91. The molecule has 0 saturated carbocycles. The van der Waals surface area contributed by atoms with E-state index in [0.29, 0.717) is 18.9 Å². The topological polar surface area (TPSA) is 75.3 Å². The zero-order chi connectivity index (χ0) is 12.0. The highest BCUT2D eigenvalue weighted by atomic mass is 32.2. The molecule has 16 heavy (non-hydrogen) atoms. The summed E-state index contributed by atoms with van der Waals surface area (Å²) in [6, 6.07) is 0. The molecule has 0 atom stereocenters. The molecule has 0 unspecified atom stereocenters. The summed E-state index contributed by atoms with van der Waals surface area (Å²) in [5.41, 5.74) is 0. The van der Waals surface area contributed by atoms with Crippen LogP contribution in [-0.2, 0) is 21.3 Å². The van der Waals surface area contributed by atoms with Gasteiger partial charge in [-0.25, -0.2) is 13.4 Å². The van der Waals surface area contributed by atoms with Crippen LogP contribution in [0.25, 0.3) is 0 Å². The summed E-state index contributed by atoms with van der Waals surface area (Å²) in [6.45, 7) is 0.718. The number of hydrogen-bond donors (Lipinski definition) is 1. The molecule has 0 saturated heterocycles. The van der Waals surface area contributed by atoms with Crippen molar-refractivity contribution in [1.29, 1.82) is 0 Å². The zero-order valence-corrected chi connectivity index (χ0v) is 10.3. The number of aromatic amines is 1. The van der Waals surface area contributed by atoms with Crippen molar-refractivity contribution in [3.8, 4) is 0 Å². The molecule has 0 aliphatic carbocycles. The molecule has 1 heterocycles. The highest BCUT2D eigenvalue weighted by Gasteiger charge is 2.18. The normalized spacial score (nSPS) is 12.2. The first-order valence-corrected chi connectivity index (χ1v) is 6.58. The summed E-state index contributed by atoms with van der Waals surface area (Å²) in [6.07, 6.45) is 3.77. The van der Waals surface area contributed by atoms with E-state index in [9.17, 15) is 8.42 Å². The first-order valence-electron chi connectivity index (χ1n) is 4.97. The minimum absolute atomic E-state index is 0.0953. The Morgan fingerprint density at radius 1 is 1.56 bits per heavy atom. The molecular formula is C9H17N3O3S. The lowest BCUT2D eigenvalue weighted by Crippen LogP contribution is -2.29. The molecule has 0 aliphatic rings. The van der Waals surface area contributed by atoms with E-state index >= 15 is 0 Å². The van der Waals surface area contributed by atoms with E-state index in [-0.39, 0.29) is 12.3 Å². The van der Waals surface area contributed by atoms with Crippen molar-refractivity contribution in [2.75, 3.05) is 26.5 Å². The molecule has 92 valence electrons. The SMILES string of the molecule is COCCCS(=O)(=O)N(C)Cc1ncc[nH]1. The Labute approximate surface area is 95.7 Å². The van der Waals surface area contributed by atoms with Crippen LogP contribution in [0.2, 0.25) is 0 Å². The smallest absolute Gasteiger partial charge is 0.214 e. The van der Waals surface area contributed by atoms with E-state index in [1.54, 1.807) is 26.6 Å². The standard InChI is InChI=1S/C9H17N3O3S/c1-12(8-9-10-4-5-11-9)16(13,14)7-3-6-15-2/h4-5H,3,6-8H2,1-2H3,(H,10,11). The maximum atomic E-state index is 11.8. The predicted octanol–water partition coefficient (Wildman–Crippen LogP) is 0.208. The van der Waals surface area contributed by atoms with Gasteiger partial charge in [-0.15, -0.1) is 0 Å². The molecule has 1 N–H and O–H groups in total. The highest BCUT2D eigenvalue weighted by molar-refractivity contribution is 7.89. The fourth-order valence-corrected chi connectivity index (χ4v) is 2.35. The summed E-state index contributed by atoms with van der Waals surface area (Å²) in [5, 5.41) is 0. The number of rotatable bonds is 7. The van der Waals surface area contributed by atoms with E-state index in [1.807, 2.05) is 0 Å². The maximum absolute atomic E-state index is 11.8. The van der Waals surface area contributed by atoms with E-state index in [4.69, 9.17) is 4.74 Å². The first kappa shape index (κ1) is 13.1. The van der Waals surface area contributed by atoms with Gasteiger partial charge in [-0.2, -0.15) is 4.31 Å².